The van der Waals surface area contributed by atoms with Crippen LogP contribution in [0.4, 0.5) is 0 Å². The number of nitrogens with two attached hydrogens (primary N) is 1. The standard InChI is InChI=1S/C21H23N7O2S/c1-21(30)8-13(9-21)5-6-16(18(28-22)15-4-2-3-7-23-15)26-19(29)17-12-31-20(27-17)14-10-24-25-11-14/h2-4,6-7,10-13,30H,5,8-9,22H2,1H3,(H,24,25)(H,26,29)/b16-6+,28-18-. The number of carbonyl (C=O) groups excluding carboxylic acids is 1. The van der Waals surface area contributed by atoms with E-state index in [1.165, 1.54) is 11.3 Å². The zero-order chi connectivity index (χ0) is 21.8. The molecule has 0 radical (unpaired) electrons. The highest BCUT2D eigenvalue weighted by molar-refractivity contribution is 7.13. The van der Waals surface area contributed by atoms with E-state index in [1.807, 2.05) is 19.1 Å². The molecule has 3 heterocycles. The SMILES string of the molecule is CC1(O)CC(C/C=C(NC(=O)c2csc(-c3cn[nH]c3)n2)\C(=N/N)c2ccccn2)C1. The molecular weight excluding hydrogens is 414 g/mol. The Bertz CT molecular complexity index is 1100. The minimum absolute atomic E-state index is 0.288. The van der Waals surface area contributed by atoms with E-state index >= 15 is 0 Å². The number of aromatic nitrogens is 4. The molecule has 5 N–H and O–H groups in total. The summed E-state index contributed by atoms with van der Waals surface area (Å²) in [5.41, 5.74) is 1.89. The van der Waals surface area contributed by atoms with E-state index < -0.39 is 5.60 Å². The lowest BCUT2D eigenvalue weighted by molar-refractivity contribution is -0.0557. The molecule has 0 saturated heterocycles. The number of nitrogens with one attached hydrogen (secondary N) is 2. The molecular formula is C21H23N7O2S. The number of carbonyl (C=O) groups is 1. The van der Waals surface area contributed by atoms with Crippen molar-refractivity contribution < 1.29 is 9.90 Å². The molecule has 160 valence electrons. The number of rotatable bonds is 7. The Kier molecular flexibility index (Phi) is 5.92. The van der Waals surface area contributed by atoms with Crippen molar-refractivity contribution in [2.24, 2.45) is 16.9 Å². The molecule has 9 nitrogen and oxygen atoms in total. The quantitative estimate of drug-likeness (QED) is 0.254. The third kappa shape index (κ3) is 4.86. The maximum absolute atomic E-state index is 12.9. The van der Waals surface area contributed by atoms with Gasteiger partial charge >= 0.3 is 0 Å². The van der Waals surface area contributed by atoms with Gasteiger partial charge in [0.25, 0.3) is 5.91 Å². The van der Waals surface area contributed by atoms with Gasteiger partial charge in [-0.15, -0.1) is 11.3 Å². The number of hydrogen-bond acceptors (Lipinski definition) is 8. The van der Waals surface area contributed by atoms with Crippen molar-refractivity contribution in [3.63, 3.8) is 0 Å². The normalized spacial score (nSPS) is 21.5. The number of pyridine rings is 1. The lowest BCUT2D eigenvalue weighted by atomic mass is 9.70. The number of hydrogen-bond donors (Lipinski definition) is 4. The smallest absolute Gasteiger partial charge is 0.275 e. The lowest BCUT2D eigenvalue weighted by Crippen LogP contribution is -2.40. The van der Waals surface area contributed by atoms with Crippen LogP contribution in [0.1, 0.15) is 42.4 Å². The molecule has 0 aliphatic heterocycles. The summed E-state index contributed by atoms with van der Waals surface area (Å²) in [6.45, 7) is 1.83. The van der Waals surface area contributed by atoms with Gasteiger partial charge in [0.1, 0.15) is 16.4 Å². The van der Waals surface area contributed by atoms with Gasteiger partial charge in [-0.2, -0.15) is 10.2 Å². The Labute approximate surface area is 183 Å². The maximum atomic E-state index is 12.9. The summed E-state index contributed by atoms with van der Waals surface area (Å²) in [5.74, 6) is 5.64. The molecule has 3 aromatic rings. The second-order valence-electron chi connectivity index (χ2n) is 7.80. The molecule has 1 amide bonds. The molecule has 1 aliphatic carbocycles. The van der Waals surface area contributed by atoms with Gasteiger partial charge in [0, 0.05) is 23.3 Å². The first-order chi connectivity index (χ1) is 14.9. The van der Waals surface area contributed by atoms with Crippen molar-refractivity contribution in [3.05, 3.63) is 65.3 Å². The average molecular weight is 438 g/mol. The molecule has 0 aromatic carbocycles. The third-order valence-electron chi connectivity index (χ3n) is 5.13. The second kappa shape index (κ2) is 8.78. The summed E-state index contributed by atoms with van der Waals surface area (Å²) in [6.07, 6.45) is 9.00. The summed E-state index contributed by atoms with van der Waals surface area (Å²) >= 11 is 1.36. The topological polar surface area (TPSA) is 142 Å². The van der Waals surface area contributed by atoms with Crippen molar-refractivity contribution in [1.29, 1.82) is 0 Å². The van der Waals surface area contributed by atoms with E-state index in [-0.39, 0.29) is 11.6 Å². The first-order valence-electron chi connectivity index (χ1n) is 9.83. The molecule has 0 bridgehead atoms. The predicted octanol–water partition coefficient (Wildman–Crippen LogP) is 2.46. The Morgan fingerprint density at radius 2 is 2.29 bits per heavy atom. The Hall–Kier alpha value is -3.37. The fraction of sp³-hybridized carbons (Fsp3) is 0.286. The van der Waals surface area contributed by atoms with Crippen LogP contribution in [-0.4, -0.2) is 42.5 Å². The van der Waals surface area contributed by atoms with Crippen molar-refractivity contribution in [2.75, 3.05) is 0 Å². The lowest BCUT2D eigenvalue weighted by Gasteiger charge is -2.40. The van der Waals surface area contributed by atoms with Crippen LogP contribution in [0.15, 0.2) is 59.0 Å². The van der Waals surface area contributed by atoms with Crippen LogP contribution in [-0.2, 0) is 0 Å². The van der Waals surface area contributed by atoms with Gasteiger partial charge in [-0.05, 0) is 44.2 Å². The van der Waals surface area contributed by atoms with Gasteiger partial charge in [0.15, 0.2) is 0 Å². The average Bonchev–Trinajstić information content (AvgIpc) is 3.43. The van der Waals surface area contributed by atoms with Crippen molar-refractivity contribution in [3.8, 4) is 10.6 Å². The van der Waals surface area contributed by atoms with Gasteiger partial charge in [-0.25, -0.2) is 4.98 Å². The Morgan fingerprint density at radius 3 is 2.94 bits per heavy atom. The monoisotopic (exact) mass is 437 g/mol. The zero-order valence-electron chi connectivity index (χ0n) is 16.9. The van der Waals surface area contributed by atoms with Crippen LogP contribution in [0.2, 0.25) is 0 Å². The van der Waals surface area contributed by atoms with E-state index in [0.717, 1.165) is 5.56 Å². The summed E-state index contributed by atoms with van der Waals surface area (Å²) in [7, 11) is 0. The maximum Gasteiger partial charge on any atom is 0.275 e. The van der Waals surface area contributed by atoms with Gasteiger partial charge in [-0.1, -0.05) is 12.1 Å². The Balaban J connectivity index is 1.56. The summed E-state index contributed by atoms with van der Waals surface area (Å²) in [6, 6.07) is 5.40. The second-order valence-corrected chi connectivity index (χ2v) is 8.65. The number of hydrazone groups is 1. The van der Waals surface area contributed by atoms with Crippen LogP contribution in [0.3, 0.4) is 0 Å². The molecule has 0 unspecified atom stereocenters. The van der Waals surface area contributed by atoms with Gasteiger partial charge in [-0.3, -0.25) is 14.9 Å². The van der Waals surface area contributed by atoms with Crippen LogP contribution < -0.4 is 11.2 Å². The molecule has 1 saturated carbocycles. The highest BCUT2D eigenvalue weighted by Gasteiger charge is 2.37. The van der Waals surface area contributed by atoms with Crippen LogP contribution in [0.25, 0.3) is 10.6 Å². The number of H-pyrrole nitrogens is 1. The fourth-order valence-electron chi connectivity index (χ4n) is 3.68. The summed E-state index contributed by atoms with van der Waals surface area (Å²) < 4.78 is 0. The number of aliphatic hydroxyl groups is 1. The minimum Gasteiger partial charge on any atom is -0.390 e. The third-order valence-corrected chi connectivity index (χ3v) is 6.03. The highest BCUT2D eigenvalue weighted by atomic mass is 32.1. The van der Waals surface area contributed by atoms with E-state index in [4.69, 9.17) is 5.84 Å². The number of aromatic amines is 1. The Morgan fingerprint density at radius 1 is 1.45 bits per heavy atom. The van der Waals surface area contributed by atoms with E-state index in [2.05, 4.69) is 30.6 Å². The minimum atomic E-state index is -0.613. The van der Waals surface area contributed by atoms with E-state index in [0.29, 0.717) is 47.3 Å². The van der Waals surface area contributed by atoms with E-state index in [1.54, 1.807) is 36.1 Å². The molecule has 10 heteroatoms. The molecule has 1 fully saturated rings. The zero-order valence-corrected chi connectivity index (χ0v) is 17.8. The van der Waals surface area contributed by atoms with Crippen LogP contribution in [0.5, 0.6) is 0 Å². The molecule has 0 atom stereocenters. The van der Waals surface area contributed by atoms with Crippen molar-refractivity contribution in [1.82, 2.24) is 25.5 Å². The van der Waals surface area contributed by atoms with Crippen molar-refractivity contribution in [2.45, 2.75) is 31.8 Å². The van der Waals surface area contributed by atoms with Crippen molar-refractivity contribution >= 4 is 23.0 Å². The molecule has 3 aromatic heterocycles. The first-order valence-corrected chi connectivity index (χ1v) is 10.7. The number of amides is 1. The largest absolute Gasteiger partial charge is 0.390 e. The molecule has 1 aliphatic rings. The fourth-order valence-corrected chi connectivity index (χ4v) is 4.47. The highest BCUT2D eigenvalue weighted by Crippen LogP contribution is 2.39. The van der Waals surface area contributed by atoms with E-state index in [9.17, 15) is 9.90 Å². The molecule has 0 spiro atoms. The molecule has 31 heavy (non-hydrogen) atoms. The molecule has 4 rings (SSSR count). The van der Waals surface area contributed by atoms with Gasteiger partial charge in [0.05, 0.1) is 23.2 Å². The van der Waals surface area contributed by atoms with Gasteiger partial charge in [0.2, 0.25) is 0 Å². The summed E-state index contributed by atoms with van der Waals surface area (Å²) in [4.78, 5) is 21.6. The number of nitrogens with zero attached hydrogens (tertiary/aromatic N) is 4. The van der Waals surface area contributed by atoms with Crippen LogP contribution >= 0.6 is 11.3 Å². The van der Waals surface area contributed by atoms with Gasteiger partial charge < -0.3 is 16.3 Å². The summed E-state index contributed by atoms with van der Waals surface area (Å²) in [5, 5.41) is 25.8. The number of allylic oxidation sites excluding steroid dienone is 2. The predicted molar refractivity (Wildman–Crippen MR) is 118 cm³/mol. The van der Waals surface area contributed by atoms with Crippen LogP contribution in [0, 0.1) is 5.92 Å². The first kappa shape index (κ1) is 20.9. The number of thiazole rings is 1.